The van der Waals surface area contributed by atoms with E-state index in [1.807, 2.05) is 44.0 Å². The third-order valence-electron chi connectivity index (χ3n) is 2.78. The van der Waals surface area contributed by atoms with Crippen LogP contribution in [0.1, 0.15) is 17.5 Å². The number of carbonyl (C=O) groups excluding carboxylic acids is 1. The fourth-order valence-electron chi connectivity index (χ4n) is 1.73. The number of likely N-dealkylation sites (N-methyl/N-ethyl adjacent to an activating group) is 1. The Labute approximate surface area is 109 Å². The Morgan fingerprint density at radius 1 is 1.39 bits per heavy atom. The van der Waals surface area contributed by atoms with Crippen LogP contribution >= 0.6 is 0 Å². The number of aryl methyl sites for hydroxylation is 2. The Balaban J connectivity index is 2.51. The molecule has 0 saturated carbocycles. The van der Waals surface area contributed by atoms with Crippen LogP contribution < -0.4 is 5.32 Å². The summed E-state index contributed by atoms with van der Waals surface area (Å²) in [7, 11) is 1.87. The molecular weight excluding hydrogens is 228 g/mol. The van der Waals surface area contributed by atoms with Crippen LogP contribution in [-0.2, 0) is 4.79 Å². The lowest BCUT2D eigenvalue weighted by Gasteiger charge is -2.16. The fourth-order valence-corrected chi connectivity index (χ4v) is 1.73. The topological polar surface area (TPSA) is 52.6 Å². The lowest BCUT2D eigenvalue weighted by atomic mass is 10.1. The molecular formula is C14H22N2O2. The number of anilines is 1. The largest absolute Gasteiger partial charge is 0.396 e. The number of aliphatic hydroxyl groups is 1. The van der Waals surface area contributed by atoms with Crippen LogP contribution in [0.3, 0.4) is 0 Å². The Kier molecular flexibility index (Phi) is 5.82. The third kappa shape index (κ3) is 4.85. The highest BCUT2D eigenvalue weighted by atomic mass is 16.3. The molecule has 0 atom stereocenters. The van der Waals surface area contributed by atoms with Crippen molar-refractivity contribution in [1.82, 2.24) is 4.90 Å². The van der Waals surface area contributed by atoms with E-state index < -0.39 is 0 Å². The summed E-state index contributed by atoms with van der Waals surface area (Å²) in [5.41, 5.74) is 3.06. The van der Waals surface area contributed by atoms with Crippen LogP contribution in [0.5, 0.6) is 0 Å². The van der Waals surface area contributed by atoms with E-state index in [1.165, 1.54) is 0 Å². The van der Waals surface area contributed by atoms with Gasteiger partial charge in [-0.2, -0.15) is 0 Å². The molecule has 1 amide bonds. The van der Waals surface area contributed by atoms with Gasteiger partial charge in [-0.1, -0.05) is 12.1 Å². The molecule has 0 saturated heterocycles. The van der Waals surface area contributed by atoms with Gasteiger partial charge in [-0.05, 0) is 44.5 Å². The van der Waals surface area contributed by atoms with Crippen molar-refractivity contribution in [2.24, 2.45) is 0 Å². The molecule has 1 aromatic rings. The maximum atomic E-state index is 11.8. The first-order valence-corrected chi connectivity index (χ1v) is 6.19. The van der Waals surface area contributed by atoms with E-state index in [9.17, 15) is 4.79 Å². The standard InChI is InChI=1S/C14H22N2O2/c1-11-5-6-12(2)13(9-11)15-14(18)10-16(3)7-4-8-17/h5-6,9,17H,4,7-8,10H2,1-3H3,(H,15,18). The van der Waals surface area contributed by atoms with E-state index in [-0.39, 0.29) is 12.5 Å². The van der Waals surface area contributed by atoms with Crippen molar-refractivity contribution < 1.29 is 9.90 Å². The molecule has 0 aromatic heterocycles. The van der Waals surface area contributed by atoms with Crippen LogP contribution in [-0.4, -0.2) is 42.7 Å². The molecule has 0 unspecified atom stereocenters. The molecule has 4 heteroatoms. The predicted octanol–water partition coefficient (Wildman–Crippen LogP) is 1.56. The third-order valence-corrected chi connectivity index (χ3v) is 2.78. The van der Waals surface area contributed by atoms with Gasteiger partial charge in [0.25, 0.3) is 0 Å². The van der Waals surface area contributed by atoms with Crippen LogP contribution in [0.4, 0.5) is 5.69 Å². The summed E-state index contributed by atoms with van der Waals surface area (Å²) >= 11 is 0. The van der Waals surface area contributed by atoms with Gasteiger partial charge >= 0.3 is 0 Å². The van der Waals surface area contributed by atoms with E-state index in [4.69, 9.17) is 5.11 Å². The second-order valence-electron chi connectivity index (χ2n) is 4.68. The molecule has 18 heavy (non-hydrogen) atoms. The number of hydrogen-bond donors (Lipinski definition) is 2. The van der Waals surface area contributed by atoms with Crippen molar-refractivity contribution in [3.05, 3.63) is 29.3 Å². The van der Waals surface area contributed by atoms with Gasteiger partial charge in [0.1, 0.15) is 0 Å². The first kappa shape index (κ1) is 14.7. The Bertz CT molecular complexity index is 405. The molecule has 0 aliphatic rings. The minimum absolute atomic E-state index is 0.0239. The van der Waals surface area contributed by atoms with Crippen LogP contribution in [0.25, 0.3) is 0 Å². The number of carbonyl (C=O) groups is 1. The molecule has 1 aromatic carbocycles. The minimum atomic E-state index is -0.0239. The Morgan fingerprint density at radius 2 is 2.11 bits per heavy atom. The van der Waals surface area contributed by atoms with Gasteiger partial charge in [0.15, 0.2) is 0 Å². The van der Waals surface area contributed by atoms with Gasteiger partial charge in [-0.15, -0.1) is 0 Å². The number of aliphatic hydroxyl groups excluding tert-OH is 1. The lowest BCUT2D eigenvalue weighted by Crippen LogP contribution is -2.31. The molecule has 0 aliphatic heterocycles. The molecule has 1 rings (SSSR count). The summed E-state index contributed by atoms with van der Waals surface area (Å²) in [6.45, 7) is 5.19. The molecule has 0 bridgehead atoms. The van der Waals surface area contributed by atoms with Crippen LogP contribution in [0.15, 0.2) is 18.2 Å². The summed E-state index contributed by atoms with van der Waals surface area (Å²) in [6, 6.07) is 6.00. The highest BCUT2D eigenvalue weighted by Crippen LogP contribution is 2.16. The van der Waals surface area contributed by atoms with E-state index in [0.717, 1.165) is 23.4 Å². The quantitative estimate of drug-likeness (QED) is 0.805. The maximum Gasteiger partial charge on any atom is 0.238 e. The molecule has 0 aliphatic carbocycles. The van der Waals surface area contributed by atoms with Gasteiger partial charge in [0.05, 0.1) is 6.54 Å². The maximum absolute atomic E-state index is 11.8. The van der Waals surface area contributed by atoms with Crippen molar-refractivity contribution in [2.45, 2.75) is 20.3 Å². The van der Waals surface area contributed by atoms with Crippen molar-refractivity contribution in [1.29, 1.82) is 0 Å². The lowest BCUT2D eigenvalue weighted by molar-refractivity contribution is -0.117. The highest BCUT2D eigenvalue weighted by Gasteiger charge is 2.08. The zero-order valence-electron chi connectivity index (χ0n) is 11.4. The molecule has 0 heterocycles. The number of benzene rings is 1. The average molecular weight is 250 g/mol. The van der Waals surface area contributed by atoms with E-state index in [2.05, 4.69) is 5.32 Å². The van der Waals surface area contributed by atoms with Crippen molar-refractivity contribution >= 4 is 11.6 Å². The van der Waals surface area contributed by atoms with Crippen molar-refractivity contribution in [2.75, 3.05) is 32.1 Å². The molecule has 100 valence electrons. The summed E-state index contributed by atoms with van der Waals surface area (Å²) < 4.78 is 0. The predicted molar refractivity (Wildman–Crippen MR) is 73.7 cm³/mol. The zero-order chi connectivity index (χ0) is 13.5. The first-order valence-electron chi connectivity index (χ1n) is 6.19. The summed E-state index contributed by atoms with van der Waals surface area (Å²) in [5.74, 6) is -0.0239. The minimum Gasteiger partial charge on any atom is -0.396 e. The molecule has 0 spiro atoms. The Morgan fingerprint density at radius 3 is 2.78 bits per heavy atom. The van der Waals surface area contributed by atoms with Gasteiger partial charge in [0, 0.05) is 18.8 Å². The normalized spacial score (nSPS) is 10.7. The summed E-state index contributed by atoms with van der Waals surface area (Å²) in [6.07, 6.45) is 0.688. The number of rotatable bonds is 6. The van der Waals surface area contributed by atoms with Gasteiger partial charge < -0.3 is 10.4 Å². The number of nitrogens with zero attached hydrogens (tertiary/aromatic N) is 1. The first-order chi connectivity index (χ1) is 8.52. The highest BCUT2D eigenvalue weighted by molar-refractivity contribution is 5.93. The van der Waals surface area contributed by atoms with Gasteiger partial charge in [-0.25, -0.2) is 0 Å². The van der Waals surface area contributed by atoms with Crippen molar-refractivity contribution in [3.8, 4) is 0 Å². The molecule has 0 radical (unpaired) electrons. The monoisotopic (exact) mass is 250 g/mol. The Hall–Kier alpha value is -1.39. The van der Waals surface area contributed by atoms with Crippen molar-refractivity contribution in [3.63, 3.8) is 0 Å². The molecule has 0 fully saturated rings. The summed E-state index contributed by atoms with van der Waals surface area (Å²) in [4.78, 5) is 13.7. The van der Waals surface area contributed by atoms with Crippen LogP contribution in [0.2, 0.25) is 0 Å². The smallest absolute Gasteiger partial charge is 0.238 e. The number of hydrogen-bond acceptors (Lipinski definition) is 3. The summed E-state index contributed by atoms with van der Waals surface area (Å²) in [5, 5.41) is 11.6. The van der Waals surface area contributed by atoms with E-state index in [1.54, 1.807) is 0 Å². The van der Waals surface area contributed by atoms with Gasteiger partial charge in [-0.3, -0.25) is 9.69 Å². The van der Waals surface area contributed by atoms with Crippen LogP contribution in [0, 0.1) is 13.8 Å². The van der Waals surface area contributed by atoms with E-state index >= 15 is 0 Å². The fraction of sp³-hybridized carbons (Fsp3) is 0.500. The number of amides is 1. The van der Waals surface area contributed by atoms with E-state index in [0.29, 0.717) is 13.0 Å². The molecule has 2 N–H and O–H groups in total. The second-order valence-corrected chi connectivity index (χ2v) is 4.68. The SMILES string of the molecule is Cc1ccc(C)c(NC(=O)CN(C)CCCO)c1. The number of nitrogens with one attached hydrogen (secondary N) is 1. The zero-order valence-corrected chi connectivity index (χ0v) is 11.4. The average Bonchev–Trinajstić information content (AvgIpc) is 2.31. The van der Waals surface area contributed by atoms with Gasteiger partial charge in [0.2, 0.25) is 5.91 Å². The molecule has 4 nitrogen and oxygen atoms in total. The second kappa shape index (κ2) is 7.13.